The van der Waals surface area contributed by atoms with E-state index in [-0.39, 0.29) is 11.3 Å². The summed E-state index contributed by atoms with van der Waals surface area (Å²) in [5.41, 5.74) is 0.918. The fourth-order valence-electron chi connectivity index (χ4n) is 2.04. The van der Waals surface area contributed by atoms with E-state index < -0.39 is 34.1 Å². The molecule has 0 saturated carbocycles. The van der Waals surface area contributed by atoms with E-state index in [9.17, 15) is 18.0 Å². The maximum Gasteiger partial charge on any atom is 0.307 e. The predicted molar refractivity (Wildman–Crippen MR) is 97.4 cm³/mol. The predicted octanol–water partition coefficient (Wildman–Crippen LogP) is 2.36. The summed E-state index contributed by atoms with van der Waals surface area (Å²) in [5.74, 6) is -1.61. The lowest BCUT2D eigenvalue weighted by atomic mass is 10.2. The van der Waals surface area contributed by atoms with Gasteiger partial charge in [0.25, 0.3) is 5.91 Å². The number of nitrogens with one attached hydrogen (secondary N) is 1. The van der Waals surface area contributed by atoms with Gasteiger partial charge in [-0.1, -0.05) is 41.9 Å². The zero-order valence-corrected chi connectivity index (χ0v) is 15.4. The van der Waals surface area contributed by atoms with Gasteiger partial charge in [0, 0.05) is 11.6 Å². The maximum absolute atomic E-state index is 12.1. The monoisotopic (exact) mass is 395 g/mol. The molecular weight excluding hydrogens is 378 g/mol. The average molecular weight is 396 g/mol. The lowest BCUT2D eigenvalue weighted by Gasteiger charge is -2.07. The number of hydrogen-bond donors (Lipinski definition) is 1. The first-order chi connectivity index (χ1) is 12.4. The van der Waals surface area contributed by atoms with Crippen LogP contribution in [-0.2, 0) is 30.7 Å². The van der Waals surface area contributed by atoms with Crippen molar-refractivity contribution in [2.75, 3.05) is 12.4 Å². The summed E-state index contributed by atoms with van der Waals surface area (Å²) in [6.45, 7) is -0.130. The van der Waals surface area contributed by atoms with Crippen molar-refractivity contribution in [2.45, 2.75) is 17.9 Å². The molecule has 138 valence electrons. The van der Waals surface area contributed by atoms with Crippen LogP contribution in [-0.4, -0.2) is 32.7 Å². The number of rotatable bonds is 8. The SMILES string of the molecule is O=C(COC(=O)CCS(=O)(=O)c1ccc(Cl)cc1)NCc1ccccc1. The Hall–Kier alpha value is -2.38. The van der Waals surface area contributed by atoms with Crippen LogP contribution in [0.2, 0.25) is 5.02 Å². The normalized spacial score (nSPS) is 11.0. The summed E-state index contributed by atoms with van der Waals surface area (Å²) in [6.07, 6.45) is -0.336. The lowest BCUT2D eigenvalue weighted by Crippen LogP contribution is -2.28. The molecule has 0 saturated heterocycles. The average Bonchev–Trinajstić information content (AvgIpc) is 2.64. The Morgan fingerprint density at radius 2 is 1.65 bits per heavy atom. The Kier molecular flexibility index (Phi) is 7.17. The Morgan fingerprint density at radius 3 is 2.31 bits per heavy atom. The van der Waals surface area contributed by atoms with Gasteiger partial charge in [-0.3, -0.25) is 9.59 Å². The minimum absolute atomic E-state index is 0.0790. The van der Waals surface area contributed by atoms with Gasteiger partial charge in [0.1, 0.15) is 0 Å². The minimum Gasteiger partial charge on any atom is -0.456 e. The van der Waals surface area contributed by atoms with Gasteiger partial charge in [0.15, 0.2) is 16.4 Å². The number of carbonyl (C=O) groups is 2. The summed E-state index contributed by atoms with van der Waals surface area (Å²) in [5, 5.41) is 3.03. The Labute approximate surface area is 157 Å². The van der Waals surface area contributed by atoms with Gasteiger partial charge < -0.3 is 10.1 Å². The molecule has 0 unspecified atom stereocenters. The van der Waals surface area contributed by atoms with E-state index in [0.29, 0.717) is 11.6 Å². The van der Waals surface area contributed by atoms with Crippen LogP contribution in [0.3, 0.4) is 0 Å². The van der Waals surface area contributed by atoms with Crippen LogP contribution >= 0.6 is 11.6 Å². The van der Waals surface area contributed by atoms with Crippen molar-refractivity contribution in [3.63, 3.8) is 0 Å². The van der Waals surface area contributed by atoms with Gasteiger partial charge in [0.2, 0.25) is 0 Å². The molecular formula is C18H18ClNO5S. The molecule has 26 heavy (non-hydrogen) atoms. The quantitative estimate of drug-likeness (QED) is 0.693. The zero-order valence-electron chi connectivity index (χ0n) is 13.9. The fourth-order valence-corrected chi connectivity index (χ4v) is 3.39. The first kappa shape index (κ1) is 19.9. The van der Waals surface area contributed by atoms with Crippen LogP contribution in [0.4, 0.5) is 0 Å². The molecule has 0 aliphatic rings. The Morgan fingerprint density at radius 1 is 1.00 bits per heavy atom. The zero-order chi connectivity index (χ0) is 19.0. The third-order valence-electron chi connectivity index (χ3n) is 3.44. The number of amides is 1. The number of sulfone groups is 1. The van der Waals surface area contributed by atoms with Crippen molar-refractivity contribution in [1.29, 1.82) is 0 Å². The molecule has 0 fully saturated rings. The molecule has 0 atom stereocenters. The van der Waals surface area contributed by atoms with E-state index in [0.717, 1.165) is 5.56 Å². The lowest BCUT2D eigenvalue weighted by molar-refractivity contribution is -0.148. The first-order valence-corrected chi connectivity index (χ1v) is 9.84. The molecule has 0 aliphatic heterocycles. The molecule has 0 bridgehead atoms. The smallest absolute Gasteiger partial charge is 0.307 e. The van der Waals surface area contributed by atoms with E-state index in [2.05, 4.69) is 5.32 Å². The molecule has 2 aromatic rings. The number of halogens is 1. The number of esters is 1. The van der Waals surface area contributed by atoms with Crippen LogP contribution in [0, 0.1) is 0 Å². The molecule has 2 aromatic carbocycles. The molecule has 8 heteroatoms. The largest absolute Gasteiger partial charge is 0.456 e. The van der Waals surface area contributed by atoms with Crippen LogP contribution < -0.4 is 5.32 Å². The molecule has 0 radical (unpaired) electrons. The first-order valence-electron chi connectivity index (χ1n) is 7.81. The molecule has 0 aliphatic carbocycles. The number of ether oxygens (including phenoxy) is 1. The number of hydrogen-bond acceptors (Lipinski definition) is 5. The van der Waals surface area contributed by atoms with E-state index in [1.54, 1.807) is 0 Å². The van der Waals surface area contributed by atoms with Gasteiger partial charge in [-0.25, -0.2) is 8.42 Å². The second-order valence-corrected chi connectivity index (χ2v) is 7.99. The molecule has 6 nitrogen and oxygen atoms in total. The van der Waals surface area contributed by atoms with Gasteiger partial charge >= 0.3 is 5.97 Å². The molecule has 2 rings (SSSR count). The summed E-state index contributed by atoms with van der Waals surface area (Å²) in [6, 6.07) is 15.0. The van der Waals surface area contributed by atoms with E-state index in [1.807, 2.05) is 30.3 Å². The topological polar surface area (TPSA) is 89.5 Å². The molecule has 1 amide bonds. The summed E-state index contributed by atoms with van der Waals surface area (Å²) in [7, 11) is -3.62. The highest BCUT2D eigenvalue weighted by Gasteiger charge is 2.17. The van der Waals surface area contributed by atoms with E-state index in [4.69, 9.17) is 16.3 Å². The second-order valence-electron chi connectivity index (χ2n) is 5.45. The van der Waals surface area contributed by atoms with Gasteiger partial charge in [-0.05, 0) is 29.8 Å². The van der Waals surface area contributed by atoms with Crippen molar-refractivity contribution in [3.05, 3.63) is 65.2 Å². The number of benzene rings is 2. The fraction of sp³-hybridized carbons (Fsp3) is 0.222. The third kappa shape index (κ3) is 6.50. The highest BCUT2D eigenvalue weighted by Crippen LogP contribution is 2.16. The van der Waals surface area contributed by atoms with E-state index >= 15 is 0 Å². The van der Waals surface area contributed by atoms with Gasteiger partial charge in [-0.2, -0.15) is 0 Å². The second kappa shape index (κ2) is 9.35. The summed E-state index contributed by atoms with van der Waals surface area (Å²) in [4.78, 5) is 23.4. The third-order valence-corrected chi connectivity index (χ3v) is 5.43. The molecule has 0 aromatic heterocycles. The van der Waals surface area contributed by atoms with Gasteiger partial charge in [0.05, 0.1) is 17.1 Å². The van der Waals surface area contributed by atoms with Gasteiger partial charge in [-0.15, -0.1) is 0 Å². The van der Waals surface area contributed by atoms with Crippen molar-refractivity contribution < 1.29 is 22.7 Å². The van der Waals surface area contributed by atoms with Crippen molar-refractivity contribution in [3.8, 4) is 0 Å². The van der Waals surface area contributed by atoms with E-state index in [1.165, 1.54) is 24.3 Å². The highest BCUT2D eigenvalue weighted by atomic mass is 35.5. The van der Waals surface area contributed by atoms with Crippen molar-refractivity contribution in [2.24, 2.45) is 0 Å². The van der Waals surface area contributed by atoms with Crippen LogP contribution in [0.15, 0.2) is 59.5 Å². The number of carbonyl (C=O) groups excluding carboxylic acids is 2. The molecule has 0 heterocycles. The minimum atomic E-state index is -3.62. The Bertz CT molecular complexity index is 851. The van der Waals surface area contributed by atoms with Crippen LogP contribution in [0.1, 0.15) is 12.0 Å². The molecule has 0 spiro atoms. The summed E-state index contributed by atoms with van der Waals surface area (Å²) < 4.78 is 29.0. The van der Waals surface area contributed by atoms with Crippen LogP contribution in [0.25, 0.3) is 0 Å². The highest BCUT2D eigenvalue weighted by molar-refractivity contribution is 7.91. The van der Waals surface area contributed by atoms with Crippen molar-refractivity contribution >= 4 is 33.3 Å². The maximum atomic E-state index is 12.1. The standard InChI is InChI=1S/C18H18ClNO5S/c19-15-6-8-16(9-7-15)26(23,24)11-10-18(22)25-13-17(21)20-12-14-4-2-1-3-5-14/h1-9H,10-13H2,(H,20,21). The van der Waals surface area contributed by atoms with Crippen molar-refractivity contribution in [1.82, 2.24) is 5.32 Å². The summed E-state index contributed by atoms with van der Waals surface area (Å²) >= 11 is 5.72. The van der Waals surface area contributed by atoms with Crippen LogP contribution in [0.5, 0.6) is 0 Å². The Balaban J connectivity index is 1.73. The molecule has 1 N–H and O–H groups in total.